The van der Waals surface area contributed by atoms with Crippen molar-refractivity contribution in [1.82, 2.24) is 0 Å². The molecule has 2 N–H and O–H groups in total. The molecule has 0 aliphatic heterocycles. The van der Waals surface area contributed by atoms with E-state index in [9.17, 15) is 9.90 Å². The van der Waals surface area contributed by atoms with Crippen molar-refractivity contribution in [3.8, 4) is 0 Å². The van der Waals surface area contributed by atoms with Crippen molar-refractivity contribution in [2.45, 2.75) is 39.5 Å². The third-order valence-electron chi connectivity index (χ3n) is 4.01. The van der Waals surface area contributed by atoms with Crippen LogP contribution >= 0.6 is 0 Å². The third-order valence-corrected chi connectivity index (χ3v) is 4.01. The maximum Gasteiger partial charge on any atom is 0.337 e. The maximum absolute atomic E-state index is 11.2. The summed E-state index contributed by atoms with van der Waals surface area (Å²) in [6, 6.07) is 5.40. The second-order valence-corrected chi connectivity index (χ2v) is 5.67. The molecule has 1 fully saturated rings. The molecule has 0 amide bonds. The fourth-order valence-electron chi connectivity index (χ4n) is 2.79. The normalized spacial score (nSPS) is 17.7. The van der Waals surface area contributed by atoms with Gasteiger partial charge in [0.1, 0.15) is 0 Å². The Kier molecular flexibility index (Phi) is 3.60. The van der Waals surface area contributed by atoms with E-state index in [0.29, 0.717) is 11.0 Å². The van der Waals surface area contributed by atoms with Crippen LogP contribution in [0.1, 0.15) is 48.5 Å². The number of hydrogen-bond acceptors (Lipinski definition) is 2. The molecule has 98 valence electrons. The van der Waals surface area contributed by atoms with Crippen LogP contribution in [0.25, 0.3) is 0 Å². The Morgan fingerprint density at radius 2 is 2.06 bits per heavy atom. The van der Waals surface area contributed by atoms with Gasteiger partial charge < -0.3 is 10.4 Å². The average molecular weight is 247 g/mol. The molecule has 0 radical (unpaired) electrons. The quantitative estimate of drug-likeness (QED) is 0.853. The Hall–Kier alpha value is -1.51. The molecule has 1 saturated carbocycles. The van der Waals surface area contributed by atoms with Crippen LogP contribution in [-0.4, -0.2) is 17.6 Å². The molecule has 1 aliphatic rings. The monoisotopic (exact) mass is 247 g/mol. The number of aryl methyl sites for hydroxylation is 1. The van der Waals surface area contributed by atoms with E-state index < -0.39 is 5.97 Å². The summed E-state index contributed by atoms with van der Waals surface area (Å²) in [5, 5.41) is 12.6. The van der Waals surface area contributed by atoms with E-state index >= 15 is 0 Å². The van der Waals surface area contributed by atoms with E-state index in [1.165, 1.54) is 25.7 Å². The predicted molar refractivity (Wildman–Crippen MR) is 73.2 cm³/mol. The first kappa shape index (κ1) is 12.9. The lowest BCUT2D eigenvalue weighted by Gasteiger charge is -2.25. The van der Waals surface area contributed by atoms with Gasteiger partial charge in [0.05, 0.1) is 11.3 Å². The molecular weight excluding hydrogens is 226 g/mol. The van der Waals surface area contributed by atoms with Gasteiger partial charge in [-0.2, -0.15) is 0 Å². The largest absolute Gasteiger partial charge is 0.478 e. The van der Waals surface area contributed by atoms with Gasteiger partial charge in [0.15, 0.2) is 0 Å². The van der Waals surface area contributed by atoms with Crippen molar-refractivity contribution in [3.05, 3.63) is 29.3 Å². The Bertz CT molecular complexity index is 448. The van der Waals surface area contributed by atoms with Crippen LogP contribution in [0, 0.1) is 12.3 Å². The van der Waals surface area contributed by atoms with Gasteiger partial charge in [0, 0.05) is 6.54 Å². The lowest BCUT2D eigenvalue weighted by molar-refractivity contribution is 0.0697. The van der Waals surface area contributed by atoms with Crippen LogP contribution < -0.4 is 5.32 Å². The third kappa shape index (κ3) is 2.66. The van der Waals surface area contributed by atoms with Gasteiger partial charge in [-0.15, -0.1) is 0 Å². The molecule has 0 aromatic heterocycles. The highest BCUT2D eigenvalue weighted by Gasteiger charge is 2.28. The van der Waals surface area contributed by atoms with Crippen molar-refractivity contribution >= 4 is 11.7 Å². The Balaban J connectivity index is 2.15. The number of aromatic carboxylic acids is 1. The summed E-state index contributed by atoms with van der Waals surface area (Å²) in [7, 11) is 0. The van der Waals surface area contributed by atoms with E-state index in [2.05, 4.69) is 12.2 Å². The first-order chi connectivity index (χ1) is 8.52. The highest BCUT2D eigenvalue weighted by Crippen LogP contribution is 2.38. The van der Waals surface area contributed by atoms with Gasteiger partial charge in [0.2, 0.25) is 0 Å². The molecule has 2 rings (SSSR count). The van der Waals surface area contributed by atoms with Crippen molar-refractivity contribution in [1.29, 1.82) is 0 Å². The molecular formula is C15H21NO2. The number of nitrogens with one attached hydrogen (secondary N) is 1. The molecule has 1 aromatic carbocycles. The van der Waals surface area contributed by atoms with Crippen LogP contribution in [0.5, 0.6) is 0 Å². The minimum absolute atomic E-state index is 0.318. The fraction of sp³-hybridized carbons (Fsp3) is 0.533. The summed E-state index contributed by atoms with van der Waals surface area (Å²) < 4.78 is 0. The number of para-hydroxylation sites is 1. The van der Waals surface area contributed by atoms with Crippen LogP contribution in [0.3, 0.4) is 0 Å². The van der Waals surface area contributed by atoms with Gasteiger partial charge in [-0.05, 0) is 36.8 Å². The first-order valence-electron chi connectivity index (χ1n) is 6.59. The first-order valence-corrected chi connectivity index (χ1v) is 6.59. The Labute approximate surface area is 108 Å². The zero-order valence-corrected chi connectivity index (χ0v) is 11.1. The van der Waals surface area contributed by atoms with E-state index in [0.717, 1.165) is 17.8 Å². The van der Waals surface area contributed by atoms with Crippen LogP contribution in [-0.2, 0) is 0 Å². The van der Waals surface area contributed by atoms with E-state index in [4.69, 9.17) is 0 Å². The standard InChI is InChI=1S/C15H21NO2/c1-11-6-5-7-12(14(17)18)13(11)16-10-15(2)8-3-4-9-15/h5-7,16H,3-4,8-10H2,1-2H3,(H,17,18). The summed E-state index contributed by atoms with van der Waals surface area (Å²) >= 11 is 0. The molecule has 1 aliphatic carbocycles. The summed E-state index contributed by atoms with van der Waals surface area (Å²) in [5.41, 5.74) is 2.46. The Morgan fingerprint density at radius 3 is 2.67 bits per heavy atom. The van der Waals surface area contributed by atoms with Crippen molar-refractivity contribution in [2.75, 3.05) is 11.9 Å². The van der Waals surface area contributed by atoms with Gasteiger partial charge in [-0.3, -0.25) is 0 Å². The number of carbonyl (C=O) groups is 1. The summed E-state index contributed by atoms with van der Waals surface area (Å²) in [4.78, 5) is 11.2. The second-order valence-electron chi connectivity index (χ2n) is 5.67. The molecule has 0 saturated heterocycles. The molecule has 0 unspecified atom stereocenters. The fourth-order valence-corrected chi connectivity index (χ4v) is 2.79. The number of carboxylic acid groups (broad SMARTS) is 1. The van der Waals surface area contributed by atoms with Crippen LogP contribution in [0.2, 0.25) is 0 Å². The topological polar surface area (TPSA) is 49.3 Å². The zero-order chi connectivity index (χ0) is 13.2. The lowest BCUT2D eigenvalue weighted by atomic mass is 9.88. The zero-order valence-electron chi connectivity index (χ0n) is 11.1. The number of benzene rings is 1. The van der Waals surface area contributed by atoms with E-state index in [1.807, 2.05) is 13.0 Å². The van der Waals surface area contributed by atoms with Crippen molar-refractivity contribution in [3.63, 3.8) is 0 Å². The molecule has 1 aromatic rings. The summed E-state index contributed by atoms with van der Waals surface area (Å²) in [5.74, 6) is -0.863. The predicted octanol–water partition coefficient (Wildman–Crippen LogP) is 3.69. The molecule has 3 nitrogen and oxygen atoms in total. The SMILES string of the molecule is Cc1cccc(C(=O)O)c1NCC1(C)CCCC1. The minimum atomic E-state index is -0.863. The average Bonchev–Trinajstić information content (AvgIpc) is 2.74. The molecule has 0 atom stereocenters. The second kappa shape index (κ2) is 5.01. The van der Waals surface area contributed by atoms with Gasteiger partial charge in [-0.25, -0.2) is 4.79 Å². The highest BCUT2D eigenvalue weighted by atomic mass is 16.4. The van der Waals surface area contributed by atoms with Gasteiger partial charge in [-0.1, -0.05) is 31.9 Å². The number of carboxylic acids is 1. The van der Waals surface area contributed by atoms with Gasteiger partial charge >= 0.3 is 5.97 Å². The smallest absolute Gasteiger partial charge is 0.337 e. The molecule has 0 heterocycles. The van der Waals surface area contributed by atoms with Crippen LogP contribution in [0.15, 0.2) is 18.2 Å². The molecule has 0 bridgehead atoms. The number of hydrogen-bond donors (Lipinski definition) is 2. The molecule has 18 heavy (non-hydrogen) atoms. The summed E-state index contributed by atoms with van der Waals surface area (Å²) in [6.07, 6.45) is 5.04. The van der Waals surface area contributed by atoms with E-state index in [1.54, 1.807) is 12.1 Å². The minimum Gasteiger partial charge on any atom is -0.478 e. The van der Waals surface area contributed by atoms with E-state index in [-0.39, 0.29) is 0 Å². The highest BCUT2D eigenvalue weighted by molar-refractivity contribution is 5.95. The van der Waals surface area contributed by atoms with Crippen molar-refractivity contribution in [2.24, 2.45) is 5.41 Å². The molecule has 0 spiro atoms. The number of anilines is 1. The van der Waals surface area contributed by atoms with Crippen molar-refractivity contribution < 1.29 is 9.90 Å². The van der Waals surface area contributed by atoms with Gasteiger partial charge in [0.25, 0.3) is 0 Å². The maximum atomic E-state index is 11.2. The Morgan fingerprint density at radius 1 is 1.39 bits per heavy atom. The lowest BCUT2D eigenvalue weighted by Crippen LogP contribution is -2.24. The number of rotatable bonds is 4. The summed E-state index contributed by atoms with van der Waals surface area (Å²) in [6.45, 7) is 5.09. The molecule has 3 heteroatoms. The van der Waals surface area contributed by atoms with Crippen LogP contribution in [0.4, 0.5) is 5.69 Å².